The van der Waals surface area contributed by atoms with Crippen LogP contribution in [0.4, 0.5) is 0 Å². The van der Waals surface area contributed by atoms with Crippen LogP contribution in [0.5, 0.6) is 0 Å². The predicted molar refractivity (Wildman–Crippen MR) is 67.9 cm³/mol. The Morgan fingerprint density at radius 3 is 2.59 bits per heavy atom. The molecule has 0 spiro atoms. The summed E-state index contributed by atoms with van der Waals surface area (Å²) in [5.74, 6) is 0.247. The Balaban J connectivity index is 1.71. The smallest absolute Gasteiger partial charge is 0.256 e. The van der Waals surface area contributed by atoms with Crippen LogP contribution < -0.4 is 0 Å². The van der Waals surface area contributed by atoms with Crippen molar-refractivity contribution in [1.29, 1.82) is 0 Å². The van der Waals surface area contributed by atoms with Crippen molar-refractivity contribution in [2.45, 2.75) is 18.4 Å². The van der Waals surface area contributed by atoms with E-state index in [2.05, 4.69) is 0 Å². The fourth-order valence-electron chi connectivity index (χ4n) is 2.29. The van der Waals surface area contributed by atoms with Crippen molar-refractivity contribution in [2.75, 3.05) is 13.1 Å². The average molecular weight is 292 g/mol. The van der Waals surface area contributed by atoms with Crippen LogP contribution in [0.1, 0.15) is 23.2 Å². The molecule has 0 unspecified atom stereocenters. The maximum absolute atomic E-state index is 12.1. The van der Waals surface area contributed by atoms with Gasteiger partial charge in [0.25, 0.3) is 5.91 Å². The number of β-amino-alcohol motifs (C(OH)–C–C–N with tert-alkyl or cyclic N) is 1. The molecule has 6 heteroatoms. The van der Waals surface area contributed by atoms with Crippen molar-refractivity contribution in [3.05, 3.63) is 20.3 Å². The number of hydrogen-bond acceptors (Lipinski definition) is 3. The second-order valence-corrected chi connectivity index (χ2v) is 7.06. The van der Waals surface area contributed by atoms with Gasteiger partial charge in [0, 0.05) is 0 Å². The third-order valence-corrected chi connectivity index (χ3v) is 4.93. The summed E-state index contributed by atoms with van der Waals surface area (Å²) < 4.78 is 0.929. The fraction of sp³-hybridized carbons (Fsp3) is 0.545. The fourth-order valence-corrected chi connectivity index (χ4v) is 3.74. The number of halogens is 2. The zero-order valence-corrected chi connectivity index (χ0v) is 11.3. The summed E-state index contributed by atoms with van der Waals surface area (Å²) in [5.41, 5.74) is -0.207. The van der Waals surface area contributed by atoms with Crippen molar-refractivity contribution in [2.24, 2.45) is 5.92 Å². The normalized spacial score (nSPS) is 22.4. The molecule has 1 N–H and O–H groups in total. The van der Waals surface area contributed by atoms with E-state index in [9.17, 15) is 9.90 Å². The van der Waals surface area contributed by atoms with Gasteiger partial charge in [-0.1, -0.05) is 23.2 Å². The summed E-state index contributed by atoms with van der Waals surface area (Å²) in [5, 5.41) is 10.1. The Hall–Kier alpha value is -0.290. The Labute approximate surface area is 113 Å². The van der Waals surface area contributed by atoms with Crippen molar-refractivity contribution in [3.63, 3.8) is 0 Å². The van der Waals surface area contributed by atoms with E-state index in [0.717, 1.165) is 12.8 Å². The van der Waals surface area contributed by atoms with Crippen LogP contribution in [-0.4, -0.2) is 34.6 Å². The van der Waals surface area contributed by atoms with Gasteiger partial charge in [0.1, 0.15) is 9.94 Å². The monoisotopic (exact) mass is 291 g/mol. The zero-order valence-electron chi connectivity index (χ0n) is 8.95. The highest BCUT2D eigenvalue weighted by Crippen LogP contribution is 2.45. The first-order valence-corrected chi connectivity index (χ1v) is 7.03. The molecule has 1 aromatic rings. The Bertz CT molecular complexity index is 478. The van der Waals surface area contributed by atoms with Crippen molar-refractivity contribution in [1.82, 2.24) is 4.90 Å². The van der Waals surface area contributed by atoms with E-state index in [1.54, 1.807) is 11.0 Å². The first kappa shape index (κ1) is 11.8. The lowest BCUT2D eigenvalue weighted by atomic mass is 9.88. The minimum Gasteiger partial charge on any atom is -0.386 e. The molecule has 1 amide bonds. The lowest BCUT2D eigenvalue weighted by Gasteiger charge is -2.46. The molecule has 1 aromatic heterocycles. The number of amides is 1. The second-order valence-electron chi connectivity index (χ2n) is 4.78. The SMILES string of the molecule is O=C(c1cc(Cl)sc1Cl)N1CC(O)(C2CC2)C1. The lowest BCUT2D eigenvalue weighted by Crippen LogP contribution is -2.64. The minimum atomic E-state index is -0.651. The van der Waals surface area contributed by atoms with Crippen molar-refractivity contribution in [3.8, 4) is 0 Å². The van der Waals surface area contributed by atoms with E-state index in [1.165, 1.54) is 11.3 Å². The molecule has 0 bridgehead atoms. The van der Waals surface area contributed by atoms with Crippen LogP contribution in [-0.2, 0) is 0 Å². The molecule has 0 radical (unpaired) electrons. The Kier molecular flexibility index (Phi) is 2.67. The third kappa shape index (κ3) is 1.97. The third-order valence-electron chi connectivity index (χ3n) is 3.44. The minimum absolute atomic E-state index is 0.136. The molecule has 0 atom stereocenters. The summed E-state index contributed by atoms with van der Waals surface area (Å²) in [6.07, 6.45) is 2.15. The molecule has 3 rings (SSSR count). The van der Waals surface area contributed by atoms with Gasteiger partial charge in [0.15, 0.2) is 0 Å². The van der Waals surface area contributed by atoms with Gasteiger partial charge in [-0.25, -0.2) is 0 Å². The van der Waals surface area contributed by atoms with Gasteiger partial charge < -0.3 is 10.0 Å². The number of carbonyl (C=O) groups is 1. The van der Waals surface area contributed by atoms with E-state index < -0.39 is 5.60 Å². The molecular formula is C11H11Cl2NO2S. The molecule has 1 aliphatic heterocycles. The molecule has 3 nitrogen and oxygen atoms in total. The van der Waals surface area contributed by atoms with Gasteiger partial charge in [-0.05, 0) is 24.8 Å². The van der Waals surface area contributed by atoms with Crippen LogP contribution >= 0.6 is 34.5 Å². The van der Waals surface area contributed by atoms with Crippen LogP contribution in [0.15, 0.2) is 6.07 Å². The Morgan fingerprint density at radius 2 is 2.12 bits per heavy atom. The van der Waals surface area contributed by atoms with Gasteiger partial charge in [0.05, 0.1) is 23.0 Å². The van der Waals surface area contributed by atoms with E-state index in [0.29, 0.717) is 33.2 Å². The van der Waals surface area contributed by atoms with E-state index in [4.69, 9.17) is 23.2 Å². The van der Waals surface area contributed by atoms with Gasteiger partial charge in [-0.3, -0.25) is 4.79 Å². The number of hydrogen-bond donors (Lipinski definition) is 1. The van der Waals surface area contributed by atoms with E-state index in [-0.39, 0.29) is 5.91 Å². The van der Waals surface area contributed by atoms with Gasteiger partial charge in [0.2, 0.25) is 0 Å². The first-order chi connectivity index (χ1) is 7.99. The van der Waals surface area contributed by atoms with Crippen molar-refractivity contribution < 1.29 is 9.90 Å². The highest BCUT2D eigenvalue weighted by Gasteiger charge is 2.53. The topological polar surface area (TPSA) is 40.5 Å². The standard InChI is InChI=1S/C11H11Cl2NO2S/c12-8-3-7(9(13)17-8)10(15)14-4-11(16,5-14)6-1-2-6/h3,6,16H,1-2,4-5H2. The van der Waals surface area contributed by atoms with Gasteiger partial charge >= 0.3 is 0 Å². The van der Waals surface area contributed by atoms with Gasteiger partial charge in [-0.2, -0.15) is 0 Å². The zero-order chi connectivity index (χ0) is 12.2. The quantitative estimate of drug-likeness (QED) is 0.910. The number of likely N-dealkylation sites (tertiary alicyclic amines) is 1. The molecule has 0 aromatic carbocycles. The highest BCUT2D eigenvalue weighted by atomic mass is 35.5. The number of rotatable bonds is 2. The molecule has 92 valence electrons. The average Bonchev–Trinajstić information content (AvgIpc) is 3.00. The summed E-state index contributed by atoms with van der Waals surface area (Å²) in [6, 6.07) is 1.59. The highest BCUT2D eigenvalue weighted by molar-refractivity contribution is 7.20. The summed E-state index contributed by atoms with van der Waals surface area (Å²) >= 11 is 12.9. The van der Waals surface area contributed by atoms with Crippen LogP contribution in [0, 0.1) is 5.92 Å². The summed E-state index contributed by atoms with van der Waals surface area (Å²) in [7, 11) is 0. The Morgan fingerprint density at radius 1 is 1.47 bits per heavy atom. The number of thiophene rings is 1. The van der Waals surface area contributed by atoms with Crippen molar-refractivity contribution >= 4 is 40.4 Å². The summed E-state index contributed by atoms with van der Waals surface area (Å²) in [6.45, 7) is 0.834. The number of nitrogens with zero attached hydrogens (tertiary/aromatic N) is 1. The maximum atomic E-state index is 12.1. The van der Waals surface area contributed by atoms with Gasteiger partial charge in [-0.15, -0.1) is 11.3 Å². The molecule has 1 aliphatic carbocycles. The largest absolute Gasteiger partial charge is 0.386 e. The molecular weight excluding hydrogens is 281 g/mol. The summed E-state index contributed by atoms with van der Waals surface area (Å²) in [4.78, 5) is 13.7. The van der Waals surface area contributed by atoms with Crippen LogP contribution in [0.25, 0.3) is 0 Å². The predicted octanol–water partition coefficient (Wildman–Crippen LogP) is 2.65. The lowest BCUT2D eigenvalue weighted by molar-refractivity contribution is -0.0957. The molecule has 1 saturated carbocycles. The van der Waals surface area contributed by atoms with E-state index >= 15 is 0 Å². The molecule has 17 heavy (non-hydrogen) atoms. The van der Waals surface area contributed by atoms with Crippen LogP contribution in [0.2, 0.25) is 8.67 Å². The first-order valence-electron chi connectivity index (χ1n) is 5.46. The molecule has 2 heterocycles. The van der Waals surface area contributed by atoms with Crippen LogP contribution in [0.3, 0.4) is 0 Å². The molecule has 1 saturated heterocycles. The maximum Gasteiger partial charge on any atom is 0.256 e. The number of carbonyl (C=O) groups excluding carboxylic acids is 1. The second kappa shape index (κ2) is 3.85. The number of aliphatic hydroxyl groups is 1. The molecule has 2 fully saturated rings. The van der Waals surface area contributed by atoms with E-state index in [1.807, 2.05) is 0 Å². The molecule has 2 aliphatic rings.